The van der Waals surface area contributed by atoms with Crippen LogP contribution < -0.4 is 9.47 Å². The van der Waals surface area contributed by atoms with Crippen LogP contribution in [0.2, 0.25) is 0 Å². The summed E-state index contributed by atoms with van der Waals surface area (Å²) in [6.07, 6.45) is 3.27. The first-order valence-electron chi connectivity index (χ1n) is 6.61. The van der Waals surface area contributed by atoms with Gasteiger partial charge in [0.25, 0.3) is 0 Å². The molecule has 0 spiro atoms. The summed E-state index contributed by atoms with van der Waals surface area (Å²) in [6, 6.07) is 5.48. The number of hydrogen-bond donors (Lipinski definition) is 1. The molecule has 0 radical (unpaired) electrons. The van der Waals surface area contributed by atoms with Crippen LogP contribution in [0, 0.1) is 0 Å². The molecular weight excluding hydrogens is 244 g/mol. The van der Waals surface area contributed by atoms with Gasteiger partial charge in [0.1, 0.15) is 17.6 Å². The summed E-state index contributed by atoms with van der Waals surface area (Å²) in [7, 11) is 4.88. The molecule has 1 fully saturated rings. The van der Waals surface area contributed by atoms with E-state index in [1.165, 1.54) is 0 Å². The van der Waals surface area contributed by atoms with Gasteiger partial charge in [0.2, 0.25) is 0 Å². The smallest absolute Gasteiger partial charge is 0.122 e. The molecule has 2 rings (SSSR count). The largest absolute Gasteiger partial charge is 0.497 e. The van der Waals surface area contributed by atoms with E-state index >= 15 is 0 Å². The van der Waals surface area contributed by atoms with Crippen molar-refractivity contribution in [3.05, 3.63) is 23.8 Å². The number of ether oxygens (including phenoxy) is 3. The Balaban J connectivity index is 2.34. The number of methoxy groups -OCH3 is 3. The number of benzene rings is 1. The van der Waals surface area contributed by atoms with Crippen LogP contribution in [0.5, 0.6) is 11.5 Å². The Kier molecular flexibility index (Phi) is 4.32. The Morgan fingerprint density at radius 2 is 1.53 bits per heavy atom. The van der Waals surface area contributed by atoms with Gasteiger partial charge in [-0.05, 0) is 30.5 Å². The lowest BCUT2D eigenvalue weighted by Crippen LogP contribution is -2.35. The van der Waals surface area contributed by atoms with Crippen molar-refractivity contribution in [3.8, 4) is 11.5 Å². The third kappa shape index (κ3) is 2.69. The van der Waals surface area contributed by atoms with E-state index in [-0.39, 0.29) is 0 Å². The van der Waals surface area contributed by atoms with E-state index in [2.05, 4.69) is 0 Å². The highest BCUT2D eigenvalue weighted by molar-refractivity contribution is 5.40. The lowest BCUT2D eigenvalue weighted by Gasteiger charge is -2.33. The number of aliphatic hydroxyl groups is 1. The molecule has 0 saturated heterocycles. The second-order valence-electron chi connectivity index (χ2n) is 5.02. The van der Waals surface area contributed by atoms with Crippen molar-refractivity contribution in [2.24, 2.45) is 0 Å². The molecule has 4 heteroatoms. The Morgan fingerprint density at radius 3 is 1.95 bits per heavy atom. The summed E-state index contributed by atoms with van der Waals surface area (Å²) in [4.78, 5) is 0. The summed E-state index contributed by atoms with van der Waals surface area (Å²) in [5, 5.41) is 10.7. The van der Waals surface area contributed by atoms with Gasteiger partial charge in [-0.3, -0.25) is 0 Å². The van der Waals surface area contributed by atoms with E-state index in [0.717, 1.165) is 31.2 Å². The molecule has 1 atom stereocenters. The van der Waals surface area contributed by atoms with E-state index in [0.29, 0.717) is 11.5 Å². The second kappa shape index (κ2) is 5.80. The molecular formula is C15H22O4. The average Bonchev–Trinajstić information content (AvgIpc) is 2.95. The first-order chi connectivity index (χ1) is 9.15. The minimum Gasteiger partial charge on any atom is -0.497 e. The molecule has 1 N–H and O–H groups in total. The van der Waals surface area contributed by atoms with Gasteiger partial charge in [0.05, 0.1) is 19.8 Å². The maximum absolute atomic E-state index is 10.7. The SMILES string of the molecule is COc1cc(OC)cc(C(O)C2(OC)CCCC2)c1. The van der Waals surface area contributed by atoms with Gasteiger partial charge in [-0.25, -0.2) is 0 Å². The van der Waals surface area contributed by atoms with Gasteiger partial charge in [0.15, 0.2) is 0 Å². The summed E-state index contributed by atoms with van der Waals surface area (Å²) < 4.78 is 16.1. The lowest BCUT2D eigenvalue weighted by molar-refractivity contribution is -0.100. The molecule has 1 aliphatic rings. The Morgan fingerprint density at radius 1 is 1.00 bits per heavy atom. The molecule has 1 saturated carbocycles. The fraction of sp³-hybridized carbons (Fsp3) is 0.600. The molecule has 19 heavy (non-hydrogen) atoms. The quantitative estimate of drug-likeness (QED) is 0.890. The van der Waals surface area contributed by atoms with E-state index in [1.807, 2.05) is 12.1 Å². The predicted molar refractivity (Wildman–Crippen MR) is 72.7 cm³/mol. The van der Waals surface area contributed by atoms with E-state index in [1.54, 1.807) is 27.4 Å². The maximum Gasteiger partial charge on any atom is 0.122 e. The van der Waals surface area contributed by atoms with Crippen LogP contribution in [0.1, 0.15) is 37.4 Å². The molecule has 1 aromatic rings. The molecule has 0 amide bonds. The van der Waals surface area contributed by atoms with E-state index in [9.17, 15) is 5.11 Å². The highest BCUT2D eigenvalue weighted by atomic mass is 16.5. The molecule has 0 aromatic heterocycles. The van der Waals surface area contributed by atoms with Crippen molar-refractivity contribution in [3.63, 3.8) is 0 Å². The average molecular weight is 266 g/mol. The molecule has 4 nitrogen and oxygen atoms in total. The Bertz CT molecular complexity index is 402. The van der Waals surface area contributed by atoms with Gasteiger partial charge in [0, 0.05) is 13.2 Å². The van der Waals surface area contributed by atoms with Gasteiger partial charge in [-0.15, -0.1) is 0 Å². The fourth-order valence-electron chi connectivity index (χ4n) is 2.85. The monoisotopic (exact) mass is 266 g/mol. The van der Waals surface area contributed by atoms with Gasteiger partial charge >= 0.3 is 0 Å². The number of rotatable bonds is 5. The molecule has 0 bridgehead atoms. The zero-order valence-electron chi connectivity index (χ0n) is 11.8. The van der Waals surface area contributed by atoms with E-state index in [4.69, 9.17) is 14.2 Å². The molecule has 1 aliphatic carbocycles. The van der Waals surface area contributed by atoms with Gasteiger partial charge < -0.3 is 19.3 Å². The molecule has 1 unspecified atom stereocenters. The minimum atomic E-state index is -0.663. The second-order valence-corrected chi connectivity index (χ2v) is 5.02. The third-order valence-electron chi connectivity index (χ3n) is 4.04. The standard InChI is InChI=1S/C15H22O4/c1-17-12-8-11(9-13(10-12)18-2)14(16)15(19-3)6-4-5-7-15/h8-10,14,16H,4-7H2,1-3H3. The lowest BCUT2D eigenvalue weighted by atomic mass is 9.89. The zero-order chi connectivity index (χ0) is 13.9. The van der Waals surface area contributed by atoms with Gasteiger partial charge in [-0.1, -0.05) is 12.8 Å². The number of aliphatic hydroxyl groups excluding tert-OH is 1. The summed E-state index contributed by atoms with van der Waals surface area (Å²) >= 11 is 0. The first-order valence-corrected chi connectivity index (χ1v) is 6.61. The first kappa shape index (κ1) is 14.2. The van der Waals surface area contributed by atoms with Crippen molar-refractivity contribution in [2.75, 3.05) is 21.3 Å². The summed E-state index contributed by atoms with van der Waals surface area (Å²) in [5.74, 6) is 1.36. The van der Waals surface area contributed by atoms with Crippen molar-refractivity contribution in [2.45, 2.75) is 37.4 Å². The fourth-order valence-corrected chi connectivity index (χ4v) is 2.85. The summed E-state index contributed by atoms with van der Waals surface area (Å²) in [6.45, 7) is 0. The minimum absolute atomic E-state index is 0.475. The van der Waals surface area contributed by atoms with Crippen molar-refractivity contribution < 1.29 is 19.3 Å². The van der Waals surface area contributed by atoms with Crippen LogP contribution in [-0.4, -0.2) is 32.0 Å². The van der Waals surface area contributed by atoms with E-state index < -0.39 is 11.7 Å². The maximum atomic E-state index is 10.7. The van der Waals surface area contributed by atoms with Crippen molar-refractivity contribution in [1.29, 1.82) is 0 Å². The highest BCUT2D eigenvalue weighted by Gasteiger charge is 2.41. The van der Waals surface area contributed by atoms with Crippen LogP contribution in [0.25, 0.3) is 0 Å². The normalized spacial score (nSPS) is 19.2. The summed E-state index contributed by atoms with van der Waals surface area (Å²) in [5.41, 5.74) is 0.303. The third-order valence-corrected chi connectivity index (χ3v) is 4.04. The van der Waals surface area contributed by atoms with Crippen LogP contribution >= 0.6 is 0 Å². The highest BCUT2D eigenvalue weighted by Crippen LogP contribution is 2.43. The Labute approximate surface area is 114 Å². The topological polar surface area (TPSA) is 47.9 Å². The number of hydrogen-bond acceptors (Lipinski definition) is 4. The van der Waals surface area contributed by atoms with Crippen LogP contribution in [-0.2, 0) is 4.74 Å². The molecule has 0 heterocycles. The van der Waals surface area contributed by atoms with Gasteiger partial charge in [-0.2, -0.15) is 0 Å². The van der Waals surface area contributed by atoms with Crippen LogP contribution in [0.15, 0.2) is 18.2 Å². The van der Waals surface area contributed by atoms with Crippen molar-refractivity contribution in [1.82, 2.24) is 0 Å². The Hall–Kier alpha value is -1.26. The molecule has 106 valence electrons. The predicted octanol–water partition coefficient (Wildman–Crippen LogP) is 2.70. The molecule has 0 aliphatic heterocycles. The van der Waals surface area contributed by atoms with Crippen LogP contribution in [0.3, 0.4) is 0 Å². The zero-order valence-corrected chi connectivity index (χ0v) is 11.8. The van der Waals surface area contributed by atoms with Crippen molar-refractivity contribution >= 4 is 0 Å². The van der Waals surface area contributed by atoms with Crippen LogP contribution in [0.4, 0.5) is 0 Å². The molecule has 1 aromatic carbocycles.